The maximum Gasteiger partial charge on any atom is 0.164 e. The monoisotopic (exact) mass is 327 g/mol. The van der Waals surface area contributed by atoms with Crippen LogP contribution in [0.2, 0.25) is 0 Å². The van der Waals surface area contributed by atoms with Crippen molar-refractivity contribution >= 4 is 5.78 Å². The molecule has 2 N–H and O–H groups in total. The molecule has 0 saturated heterocycles. The van der Waals surface area contributed by atoms with Crippen LogP contribution in [0.25, 0.3) is 0 Å². The normalized spacial score (nSPS) is 11.4. The number of hydrogen-bond donors (Lipinski definition) is 1. The fraction of sp³-hybridized carbons (Fsp3) is 0.450. The second-order valence-corrected chi connectivity index (χ2v) is 6.11. The van der Waals surface area contributed by atoms with Crippen molar-refractivity contribution in [3.63, 3.8) is 0 Å². The summed E-state index contributed by atoms with van der Waals surface area (Å²) >= 11 is 0. The molecule has 0 spiro atoms. The van der Waals surface area contributed by atoms with Gasteiger partial charge in [-0.2, -0.15) is 0 Å². The predicted molar refractivity (Wildman–Crippen MR) is 99.0 cm³/mol. The van der Waals surface area contributed by atoms with E-state index in [0.29, 0.717) is 6.42 Å². The zero-order valence-corrected chi connectivity index (χ0v) is 15.2. The molecule has 1 atom stereocenters. The number of nitrogens with zero attached hydrogens (tertiary/aromatic N) is 2. The van der Waals surface area contributed by atoms with Crippen LogP contribution in [0.15, 0.2) is 36.9 Å². The van der Waals surface area contributed by atoms with E-state index in [1.165, 1.54) is 5.56 Å². The van der Waals surface area contributed by atoms with Gasteiger partial charge in [-0.25, -0.2) is 0 Å². The number of aromatic nitrogens is 2. The Morgan fingerprint density at radius 1 is 1.00 bits per heavy atom. The van der Waals surface area contributed by atoms with E-state index in [1.807, 2.05) is 39.2 Å². The van der Waals surface area contributed by atoms with Gasteiger partial charge in [0.05, 0.1) is 0 Å². The second kappa shape index (κ2) is 10.7. The molecule has 0 aliphatic heterocycles. The molecule has 4 heteroatoms. The first kappa shape index (κ1) is 20.0. The third-order valence-corrected chi connectivity index (χ3v) is 3.60. The fourth-order valence-corrected chi connectivity index (χ4v) is 2.34. The van der Waals surface area contributed by atoms with Gasteiger partial charge in [-0.3, -0.25) is 14.8 Å². The van der Waals surface area contributed by atoms with Crippen molar-refractivity contribution in [2.75, 3.05) is 0 Å². The lowest BCUT2D eigenvalue weighted by Crippen LogP contribution is -2.10. The number of pyridine rings is 2. The topological polar surface area (TPSA) is 68.9 Å². The Balaban J connectivity index is 0.000000240. The van der Waals surface area contributed by atoms with Gasteiger partial charge < -0.3 is 5.73 Å². The third-order valence-electron chi connectivity index (χ3n) is 3.60. The van der Waals surface area contributed by atoms with Crippen LogP contribution in [0, 0.1) is 13.8 Å². The summed E-state index contributed by atoms with van der Waals surface area (Å²) in [7, 11) is 0. The molecule has 2 aromatic heterocycles. The smallest absolute Gasteiger partial charge is 0.164 e. The summed E-state index contributed by atoms with van der Waals surface area (Å²) < 4.78 is 0. The standard InChI is InChI=1S/C10H16N2.C10H13NO/c1-3-4-10(11)9-5-8(2)6-12-7-9;1-3-4-10(12)9-5-8(2)6-11-7-9/h5-7,10H,3-4,11H2,1-2H3;5-7H,3-4H2,1-2H3. The maximum atomic E-state index is 11.4. The Kier molecular flexibility index (Phi) is 8.87. The third kappa shape index (κ3) is 7.01. The minimum Gasteiger partial charge on any atom is -0.324 e. The highest BCUT2D eigenvalue weighted by atomic mass is 16.1. The summed E-state index contributed by atoms with van der Waals surface area (Å²) in [6, 6.07) is 4.14. The molecule has 130 valence electrons. The Morgan fingerprint density at radius 2 is 1.62 bits per heavy atom. The molecule has 24 heavy (non-hydrogen) atoms. The largest absolute Gasteiger partial charge is 0.324 e. The molecular weight excluding hydrogens is 298 g/mol. The molecule has 0 aliphatic carbocycles. The van der Waals surface area contributed by atoms with Crippen LogP contribution in [0.1, 0.15) is 72.6 Å². The molecule has 0 saturated carbocycles. The van der Waals surface area contributed by atoms with E-state index in [2.05, 4.69) is 23.0 Å². The highest BCUT2D eigenvalue weighted by molar-refractivity contribution is 5.95. The van der Waals surface area contributed by atoms with E-state index in [9.17, 15) is 4.79 Å². The van der Waals surface area contributed by atoms with Crippen LogP contribution < -0.4 is 5.73 Å². The second-order valence-electron chi connectivity index (χ2n) is 6.11. The van der Waals surface area contributed by atoms with E-state index in [4.69, 9.17) is 5.73 Å². The number of ketones is 1. The minimum absolute atomic E-state index is 0.155. The number of Topliss-reactive ketones (excluding diaryl/α,β-unsaturated/α-hetero) is 1. The van der Waals surface area contributed by atoms with Crippen molar-refractivity contribution in [2.45, 2.75) is 59.4 Å². The van der Waals surface area contributed by atoms with Crippen LogP contribution in [0.5, 0.6) is 0 Å². The quantitative estimate of drug-likeness (QED) is 0.789. The van der Waals surface area contributed by atoms with E-state index in [0.717, 1.165) is 36.0 Å². The number of carbonyl (C=O) groups is 1. The van der Waals surface area contributed by atoms with Crippen LogP contribution in [0.4, 0.5) is 0 Å². The predicted octanol–water partition coefficient (Wildman–Crippen LogP) is 4.56. The van der Waals surface area contributed by atoms with Gasteiger partial charge in [-0.15, -0.1) is 0 Å². The van der Waals surface area contributed by atoms with Gasteiger partial charge in [-0.05, 0) is 49.4 Å². The average molecular weight is 327 g/mol. The van der Waals surface area contributed by atoms with Crippen molar-refractivity contribution in [3.05, 3.63) is 59.2 Å². The molecule has 4 nitrogen and oxygen atoms in total. The lowest BCUT2D eigenvalue weighted by molar-refractivity contribution is 0.0981. The van der Waals surface area contributed by atoms with Gasteiger partial charge in [0, 0.05) is 42.8 Å². The van der Waals surface area contributed by atoms with Gasteiger partial charge in [0.2, 0.25) is 0 Å². The van der Waals surface area contributed by atoms with Gasteiger partial charge in [-0.1, -0.05) is 26.3 Å². The number of nitrogens with two attached hydrogens (primary N) is 1. The molecule has 2 rings (SSSR count). The molecule has 1 unspecified atom stereocenters. The van der Waals surface area contributed by atoms with Gasteiger partial charge >= 0.3 is 0 Å². The number of hydrogen-bond acceptors (Lipinski definition) is 4. The molecule has 0 amide bonds. The zero-order valence-electron chi connectivity index (χ0n) is 15.2. The number of aryl methyl sites for hydroxylation is 2. The van der Waals surface area contributed by atoms with Crippen LogP contribution >= 0.6 is 0 Å². The summed E-state index contributed by atoms with van der Waals surface area (Å²) in [5.74, 6) is 0.189. The van der Waals surface area contributed by atoms with Crippen molar-refractivity contribution in [1.29, 1.82) is 0 Å². The number of carbonyl (C=O) groups excluding carboxylic acids is 1. The molecule has 0 radical (unpaired) electrons. The van der Waals surface area contributed by atoms with Gasteiger partial charge in [0.15, 0.2) is 5.78 Å². The molecular formula is C20H29N3O. The summed E-state index contributed by atoms with van der Waals surface area (Å²) in [6.07, 6.45) is 10.8. The lowest BCUT2D eigenvalue weighted by atomic mass is 10.0. The summed E-state index contributed by atoms with van der Waals surface area (Å²) in [5, 5.41) is 0. The Hall–Kier alpha value is -2.07. The Bertz CT molecular complexity index is 640. The molecule has 0 aliphatic rings. The van der Waals surface area contributed by atoms with E-state index in [-0.39, 0.29) is 11.8 Å². The van der Waals surface area contributed by atoms with Gasteiger partial charge in [0.1, 0.15) is 0 Å². The molecule has 0 aromatic carbocycles. The molecule has 0 bridgehead atoms. The zero-order chi connectivity index (χ0) is 17.9. The summed E-state index contributed by atoms with van der Waals surface area (Å²) in [6.45, 7) is 8.12. The highest BCUT2D eigenvalue weighted by Gasteiger charge is 2.04. The highest BCUT2D eigenvalue weighted by Crippen LogP contribution is 2.14. The van der Waals surface area contributed by atoms with Crippen molar-refractivity contribution in [1.82, 2.24) is 9.97 Å². The van der Waals surface area contributed by atoms with Gasteiger partial charge in [0.25, 0.3) is 0 Å². The van der Waals surface area contributed by atoms with Crippen molar-refractivity contribution in [3.8, 4) is 0 Å². The van der Waals surface area contributed by atoms with Crippen molar-refractivity contribution in [2.24, 2.45) is 5.73 Å². The van der Waals surface area contributed by atoms with Crippen LogP contribution in [-0.4, -0.2) is 15.8 Å². The van der Waals surface area contributed by atoms with Crippen LogP contribution in [-0.2, 0) is 0 Å². The Labute approximate surface area is 145 Å². The molecule has 0 fully saturated rings. The van der Waals surface area contributed by atoms with E-state index >= 15 is 0 Å². The lowest BCUT2D eigenvalue weighted by Gasteiger charge is -2.09. The van der Waals surface area contributed by atoms with Crippen molar-refractivity contribution < 1.29 is 4.79 Å². The first-order valence-corrected chi connectivity index (χ1v) is 8.59. The molecule has 2 heterocycles. The average Bonchev–Trinajstić information content (AvgIpc) is 2.56. The minimum atomic E-state index is 0.155. The number of rotatable bonds is 6. The summed E-state index contributed by atoms with van der Waals surface area (Å²) in [5.41, 5.74) is 10.0. The first-order valence-electron chi connectivity index (χ1n) is 8.59. The van der Waals surface area contributed by atoms with E-state index < -0.39 is 0 Å². The fourth-order valence-electron chi connectivity index (χ4n) is 2.34. The summed E-state index contributed by atoms with van der Waals surface area (Å²) in [4.78, 5) is 19.4. The first-order chi connectivity index (χ1) is 11.5. The van der Waals surface area contributed by atoms with E-state index in [1.54, 1.807) is 12.4 Å². The van der Waals surface area contributed by atoms with Crippen LogP contribution in [0.3, 0.4) is 0 Å². The molecule has 2 aromatic rings. The SMILES string of the molecule is CCCC(=O)c1cncc(C)c1.CCCC(N)c1cncc(C)c1. The Morgan fingerprint density at radius 3 is 2.17 bits per heavy atom. The maximum absolute atomic E-state index is 11.4.